The van der Waals surface area contributed by atoms with Crippen molar-refractivity contribution in [3.8, 4) is 28.8 Å². The summed E-state index contributed by atoms with van der Waals surface area (Å²) in [6.07, 6.45) is 0. The predicted molar refractivity (Wildman–Crippen MR) is 96.8 cm³/mol. The first-order valence-electron chi connectivity index (χ1n) is 7.30. The van der Waals surface area contributed by atoms with Gasteiger partial charge in [0.1, 0.15) is 22.3 Å². The molecule has 1 aromatic carbocycles. The van der Waals surface area contributed by atoms with Crippen LogP contribution < -0.4 is 20.9 Å². The van der Waals surface area contributed by atoms with Crippen LogP contribution >= 0.6 is 11.3 Å². The molecule has 0 fully saturated rings. The molecule has 0 aliphatic rings. The third-order valence-electron chi connectivity index (χ3n) is 3.43. The third kappa shape index (κ3) is 3.26. The second-order valence-electron chi connectivity index (χ2n) is 5.03. The Balaban J connectivity index is 2.00. The number of nitrogen functional groups attached to an aromatic ring is 2. The van der Waals surface area contributed by atoms with Gasteiger partial charge in [-0.15, -0.1) is 11.3 Å². The molecule has 130 valence electrons. The molecule has 8 nitrogen and oxygen atoms in total. The first-order valence-corrected chi connectivity index (χ1v) is 8.18. The molecular weight excluding hydrogens is 354 g/mol. The van der Waals surface area contributed by atoms with Crippen LogP contribution in [0, 0.1) is 11.3 Å². The van der Waals surface area contributed by atoms with Crippen molar-refractivity contribution in [2.75, 3.05) is 18.6 Å². The van der Waals surface area contributed by atoms with Gasteiger partial charge in [-0.25, -0.2) is 9.78 Å². The highest BCUT2D eigenvalue weighted by atomic mass is 32.1. The highest BCUT2D eigenvalue weighted by Gasteiger charge is 2.17. The molecule has 0 atom stereocenters. The summed E-state index contributed by atoms with van der Waals surface area (Å²) in [4.78, 5) is 20.5. The Bertz CT molecular complexity index is 1010. The summed E-state index contributed by atoms with van der Waals surface area (Å²) in [7, 11) is 1.44. The van der Waals surface area contributed by atoms with Crippen LogP contribution in [0.25, 0.3) is 11.3 Å². The summed E-state index contributed by atoms with van der Waals surface area (Å²) < 4.78 is 10.7. The molecular formula is C17H13N5O3S. The van der Waals surface area contributed by atoms with Crippen molar-refractivity contribution in [3.63, 3.8) is 0 Å². The zero-order valence-corrected chi connectivity index (χ0v) is 14.4. The van der Waals surface area contributed by atoms with Gasteiger partial charge in [0, 0.05) is 5.56 Å². The predicted octanol–water partition coefficient (Wildman–Crippen LogP) is 2.47. The van der Waals surface area contributed by atoms with E-state index in [1.807, 2.05) is 6.07 Å². The van der Waals surface area contributed by atoms with Crippen LogP contribution in [-0.4, -0.2) is 23.0 Å². The molecule has 0 aliphatic heterocycles. The second kappa shape index (κ2) is 7.08. The number of methoxy groups -OCH3 is 1. The Morgan fingerprint density at radius 1 is 1.23 bits per heavy atom. The monoisotopic (exact) mass is 367 g/mol. The number of nitrogens with zero attached hydrogens (tertiary/aromatic N) is 3. The highest BCUT2D eigenvalue weighted by molar-refractivity contribution is 7.12. The van der Waals surface area contributed by atoms with Gasteiger partial charge in [0.2, 0.25) is 5.95 Å². The standard InChI is InChI=1S/C17H13N5O3S/c1-24-12-7-9(14-10(8-18)15(19)22-17(20)21-14)4-5-11(12)25-16(23)13-3-2-6-26-13/h2-7H,1H3,(H4,19,20,21,22). The minimum atomic E-state index is -0.487. The molecule has 3 aromatic rings. The van der Waals surface area contributed by atoms with Crippen LogP contribution in [-0.2, 0) is 0 Å². The summed E-state index contributed by atoms with van der Waals surface area (Å²) in [5.41, 5.74) is 12.3. The van der Waals surface area contributed by atoms with Gasteiger partial charge < -0.3 is 20.9 Å². The van der Waals surface area contributed by atoms with Gasteiger partial charge in [-0.1, -0.05) is 6.07 Å². The zero-order chi connectivity index (χ0) is 18.7. The Morgan fingerprint density at radius 3 is 2.69 bits per heavy atom. The first kappa shape index (κ1) is 17.2. The van der Waals surface area contributed by atoms with Crippen molar-refractivity contribution in [2.45, 2.75) is 0 Å². The van der Waals surface area contributed by atoms with Crippen molar-refractivity contribution in [1.82, 2.24) is 9.97 Å². The van der Waals surface area contributed by atoms with E-state index in [0.29, 0.717) is 16.2 Å². The molecule has 0 unspecified atom stereocenters. The maximum absolute atomic E-state index is 12.1. The molecule has 0 amide bonds. The highest BCUT2D eigenvalue weighted by Crippen LogP contribution is 2.34. The quantitative estimate of drug-likeness (QED) is 0.530. The van der Waals surface area contributed by atoms with Gasteiger partial charge in [-0.05, 0) is 29.6 Å². The number of anilines is 2. The summed E-state index contributed by atoms with van der Waals surface area (Å²) in [6.45, 7) is 0. The number of ether oxygens (including phenoxy) is 2. The number of thiophene rings is 1. The number of carbonyl (C=O) groups excluding carboxylic acids is 1. The van der Waals surface area contributed by atoms with Gasteiger partial charge >= 0.3 is 5.97 Å². The van der Waals surface area contributed by atoms with Crippen molar-refractivity contribution >= 4 is 29.1 Å². The number of nitrogens with two attached hydrogens (primary N) is 2. The number of aromatic nitrogens is 2. The normalized spacial score (nSPS) is 10.2. The fourth-order valence-corrected chi connectivity index (χ4v) is 2.86. The molecule has 26 heavy (non-hydrogen) atoms. The van der Waals surface area contributed by atoms with Crippen LogP contribution in [0.4, 0.5) is 11.8 Å². The minimum Gasteiger partial charge on any atom is -0.493 e. The zero-order valence-electron chi connectivity index (χ0n) is 13.6. The maximum Gasteiger partial charge on any atom is 0.353 e. The molecule has 0 saturated carbocycles. The van der Waals surface area contributed by atoms with Gasteiger partial charge in [-0.3, -0.25) is 0 Å². The molecule has 4 N–H and O–H groups in total. The molecule has 9 heteroatoms. The molecule has 2 aromatic heterocycles. The molecule has 0 saturated heterocycles. The largest absolute Gasteiger partial charge is 0.493 e. The number of carbonyl (C=O) groups is 1. The fourth-order valence-electron chi connectivity index (χ4n) is 2.26. The Labute approximate surface area is 152 Å². The van der Waals surface area contributed by atoms with Gasteiger partial charge in [0.05, 0.1) is 12.8 Å². The Morgan fingerprint density at radius 2 is 2.04 bits per heavy atom. The molecule has 3 rings (SSSR count). The minimum absolute atomic E-state index is 0.0119. The van der Waals surface area contributed by atoms with E-state index in [1.165, 1.54) is 18.4 Å². The molecule has 0 aliphatic carbocycles. The smallest absolute Gasteiger partial charge is 0.353 e. The fraction of sp³-hybridized carbons (Fsp3) is 0.0588. The summed E-state index contributed by atoms with van der Waals surface area (Å²) in [6, 6.07) is 10.1. The lowest BCUT2D eigenvalue weighted by Crippen LogP contribution is -2.08. The Kier molecular flexibility index (Phi) is 4.68. The summed E-state index contributed by atoms with van der Waals surface area (Å²) in [5, 5.41) is 11.1. The summed E-state index contributed by atoms with van der Waals surface area (Å²) >= 11 is 1.28. The van der Waals surface area contributed by atoms with Crippen LogP contribution in [0.15, 0.2) is 35.7 Å². The van der Waals surface area contributed by atoms with Crippen LogP contribution in [0.5, 0.6) is 11.5 Å². The lowest BCUT2D eigenvalue weighted by Gasteiger charge is -2.12. The SMILES string of the molecule is COc1cc(-c2nc(N)nc(N)c2C#N)ccc1OC(=O)c1cccs1. The van der Waals surface area contributed by atoms with Gasteiger partial charge in [0.25, 0.3) is 0 Å². The molecule has 0 radical (unpaired) electrons. The average Bonchev–Trinajstić information content (AvgIpc) is 3.16. The van der Waals surface area contributed by atoms with E-state index in [2.05, 4.69) is 9.97 Å². The van der Waals surface area contributed by atoms with Gasteiger partial charge in [0.15, 0.2) is 11.5 Å². The first-order chi connectivity index (χ1) is 12.5. The van der Waals surface area contributed by atoms with E-state index in [1.54, 1.807) is 35.7 Å². The van der Waals surface area contributed by atoms with Crippen LogP contribution in [0.1, 0.15) is 15.2 Å². The topological polar surface area (TPSA) is 137 Å². The average molecular weight is 367 g/mol. The number of benzene rings is 1. The number of hydrogen-bond acceptors (Lipinski definition) is 9. The number of hydrogen-bond donors (Lipinski definition) is 2. The lowest BCUT2D eigenvalue weighted by atomic mass is 10.1. The molecule has 2 heterocycles. The Hall–Kier alpha value is -3.64. The van der Waals surface area contributed by atoms with E-state index in [-0.39, 0.29) is 28.8 Å². The van der Waals surface area contributed by atoms with E-state index in [9.17, 15) is 10.1 Å². The van der Waals surface area contributed by atoms with Crippen LogP contribution in [0.2, 0.25) is 0 Å². The van der Waals surface area contributed by atoms with Crippen molar-refractivity contribution in [3.05, 3.63) is 46.2 Å². The van der Waals surface area contributed by atoms with E-state index >= 15 is 0 Å². The maximum atomic E-state index is 12.1. The molecule has 0 spiro atoms. The number of nitriles is 1. The number of esters is 1. The third-order valence-corrected chi connectivity index (χ3v) is 4.28. The van der Waals surface area contributed by atoms with Gasteiger partial charge in [-0.2, -0.15) is 10.2 Å². The van der Waals surface area contributed by atoms with Crippen LogP contribution in [0.3, 0.4) is 0 Å². The lowest BCUT2D eigenvalue weighted by molar-refractivity contribution is 0.0735. The second-order valence-corrected chi connectivity index (χ2v) is 5.98. The van der Waals surface area contributed by atoms with E-state index in [4.69, 9.17) is 20.9 Å². The number of rotatable bonds is 4. The summed E-state index contributed by atoms with van der Waals surface area (Å²) in [5.74, 6) is -0.0136. The van der Waals surface area contributed by atoms with E-state index < -0.39 is 5.97 Å². The molecule has 0 bridgehead atoms. The van der Waals surface area contributed by atoms with E-state index in [0.717, 1.165) is 0 Å². The van der Waals surface area contributed by atoms with Crippen molar-refractivity contribution in [1.29, 1.82) is 5.26 Å². The van der Waals surface area contributed by atoms with Crippen molar-refractivity contribution < 1.29 is 14.3 Å². The van der Waals surface area contributed by atoms with Crippen molar-refractivity contribution in [2.24, 2.45) is 0 Å².